The summed E-state index contributed by atoms with van der Waals surface area (Å²) in [5.41, 5.74) is 3.05. The van der Waals surface area contributed by atoms with Crippen molar-refractivity contribution in [1.82, 2.24) is 9.62 Å². The zero-order valence-corrected chi connectivity index (χ0v) is 18.2. The predicted molar refractivity (Wildman–Crippen MR) is 115 cm³/mol. The third-order valence-corrected chi connectivity index (χ3v) is 7.34. The molecule has 5 nitrogen and oxygen atoms in total. The van der Waals surface area contributed by atoms with Crippen LogP contribution in [0.25, 0.3) is 0 Å². The van der Waals surface area contributed by atoms with Crippen LogP contribution >= 0.6 is 0 Å². The van der Waals surface area contributed by atoms with Gasteiger partial charge in [0.15, 0.2) is 0 Å². The summed E-state index contributed by atoms with van der Waals surface area (Å²) in [6.07, 6.45) is 1.67. The average Bonchev–Trinajstić information content (AvgIpc) is 2.68. The lowest BCUT2D eigenvalue weighted by Crippen LogP contribution is -2.42. The van der Waals surface area contributed by atoms with Crippen molar-refractivity contribution >= 4 is 15.9 Å². The van der Waals surface area contributed by atoms with Gasteiger partial charge in [-0.1, -0.05) is 55.8 Å². The first kappa shape index (κ1) is 21.5. The number of amides is 1. The van der Waals surface area contributed by atoms with E-state index >= 15 is 0 Å². The molecule has 0 aromatic heterocycles. The second kappa shape index (κ2) is 9.09. The van der Waals surface area contributed by atoms with E-state index in [1.54, 1.807) is 24.3 Å². The van der Waals surface area contributed by atoms with E-state index in [9.17, 15) is 13.2 Å². The van der Waals surface area contributed by atoms with Crippen molar-refractivity contribution in [2.24, 2.45) is 5.92 Å². The van der Waals surface area contributed by atoms with E-state index in [-0.39, 0.29) is 17.2 Å². The fourth-order valence-electron chi connectivity index (χ4n) is 3.72. The van der Waals surface area contributed by atoms with Crippen molar-refractivity contribution in [1.29, 1.82) is 0 Å². The Bertz CT molecular complexity index is 952. The summed E-state index contributed by atoms with van der Waals surface area (Å²) in [6.45, 7) is 7.13. The second-order valence-electron chi connectivity index (χ2n) is 8.13. The Hall–Kier alpha value is -2.18. The molecule has 1 N–H and O–H groups in total. The molecule has 0 fully saturated rings. The first-order valence-electron chi connectivity index (χ1n) is 10.2. The van der Waals surface area contributed by atoms with Crippen LogP contribution in [0.3, 0.4) is 0 Å². The zero-order valence-electron chi connectivity index (χ0n) is 17.4. The van der Waals surface area contributed by atoms with Gasteiger partial charge in [-0.15, -0.1) is 0 Å². The minimum Gasteiger partial charge on any atom is -0.356 e. The first-order valence-corrected chi connectivity index (χ1v) is 11.7. The van der Waals surface area contributed by atoms with Gasteiger partial charge in [0.25, 0.3) is 0 Å². The zero-order chi connectivity index (χ0) is 21.0. The van der Waals surface area contributed by atoms with Gasteiger partial charge in [0.1, 0.15) is 0 Å². The van der Waals surface area contributed by atoms with E-state index in [2.05, 4.69) is 19.2 Å². The Kier molecular flexibility index (Phi) is 6.75. The van der Waals surface area contributed by atoms with Gasteiger partial charge in [0, 0.05) is 19.5 Å². The summed E-state index contributed by atoms with van der Waals surface area (Å²) in [6, 6.07) is 14.2. The maximum Gasteiger partial charge on any atom is 0.243 e. The number of rotatable bonds is 7. The van der Waals surface area contributed by atoms with Crippen LogP contribution in [0, 0.1) is 12.8 Å². The van der Waals surface area contributed by atoms with Gasteiger partial charge < -0.3 is 5.32 Å². The average molecular weight is 415 g/mol. The second-order valence-corrected chi connectivity index (χ2v) is 10.0. The molecule has 0 saturated heterocycles. The fourth-order valence-corrected chi connectivity index (χ4v) is 5.33. The van der Waals surface area contributed by atoms with Gasteiger partial charge in [-0.05, 0) is 48.9 Å². The minimum atomic E-state index is -3.70. The smallest absolute Gasteiger partial charge is 0.243 e. The number of carbonyl (C=O) groups excluding carboxylic acids is 1. The highest BCUT2D eigenvalue weighted by atomic mass is 32.2. The number of fused-ring (bicyclic) bond motifs is 1. The molecule has 29 heavy (non-hydrogen) atoms. The largest absolute Gasteiger partial charge is 0.356 e. The van der Waals surface area contributed by atoms with Gasteiger partial charge in [-0.3, -0.25) is 4.79 Å². The van der Waals surface area contributed by atoms with E-state index in [1.807, 2.05) is 31.2 Å². The molecule has 1 heterocycles. The highest BCUT2D eigenvalue weighted by Crippen LogP contribution is 2.36. The molecule has 6 heteroatoms. The molecule has 0 bridgehead atoms. The van der Waals surface area contributed by atoms with E-state index in [0.717, 1.165) is 23.1 Å². The lowest BCUT2D eigenvalue weighted by atomic mass is 9.92. The van der Waals surface area contributed by atoms with E-state index in [1.165, 1.54) is 4.31 Å². The molecule has 0 saturated carbocycles. The maximum absolute atomic E-state index is 13.4. The summed E-state index contributed by atoms with van der Waals surface area (Å²) in [7, 11) is -3.70. The topological polar surface area (TPSA) is 66.5 Å². The summed E-state index contributed by atoms with van der Waals surface area (Å²) < 4.78 is 28.3. The number of aryl methyl sites for hydroxylation is 1. The van der Waals surface area contributed by atoms with Gasteiger partial charge in [0.2, 0.25) is 15.9 Å². The molecule has 0 aliphatic carbocycles. The SMILES string of the molecule is Cc1ccc(S(=O)(=O)N2CCc3ccccc3[C@H]2CC(=O)NCCC(C)C)cc1. The summed E-state index contributed by atoms with van der Waals surface area (Å²) >= 11 is 0. The molecular formula is C23H30N2O3S. The predicted octanol–water partition coefficient (Wildman–Crippen LogP) is 3.84. The van der Waals surface area contributed by atoms with Crippen molar-refractivity contribution in [3.8, 4) is 0 Å². The Morgan fingerprint density at radius 2 is 1.83 bits per heavy atom. The van der Waals surface area contributed by atoms with Gasteiger partial charge in [0.05, 0.1) is 10.9 Å². The van der Waals surface area contributed by atoms with Crippen LogP contribution in [0.15, 0.2) is 53.4 Å². The van der Waals surface area contributed by atoms with E-state index in [4.69, 9.17) is 0 Å². The molecule has 0 radical (unpaired) electrons. The summed E-state index contributed by atoms with van der Waals surface area (Å²) in [4.78, 5) is 12.9. The number of carbonyl (C=O) groups is 1. The molecule has 1 amide bonds. The van der Waals surface area contributed by atoms with Crippen LogP contribution in [0.5, 0.6) is 0 Å². The standard InChI is InChI=1S/C23H30N2O3S/c1-17(2)12-14-24-23(26)16-22-21-7-5-4-6-19(21)13-15-25(22)29(27,28)20-10-8-18(3)9-11-20/h4-11,17,22H,12-16H2,1-3H3,(H,24,26)/t22-/m1/s1. The number of benzene rings is 2. The lowest BCUT2D eigenvalue weighted by Gasteiger charge is -2.36. The third-order valence-electron chi connectivity index (χ3n) is 5.41. The molecule has 156 valence electrons. The maximum atomic E-state index is 13.4. The molecule has 3 rings (SSSR count). The first-order chi connectivity index (χ1) is 13.8. The molecule has 0 spiro atoms. The van der Waals surface area contributed by atoms with E-state index in [0.29, 0.717) is 25.4 Å². The van der Waals surface area contributed by atoms with Crippen molar-refractivity contribution in [2.75, 3.05) is 13.1 Å². The number of nitrogens with one attached hydrogen (secondary N) is 1. The molecule has 1 atom stereocenters. The number of nitrogens with zero attached hydrogens (tertiary/aromatic N) is 1. The van der Waals surface area contributed by atoms with Crippen LogP contribution < -0.4 is 5.32 Å². The highest BCUT2D eigenvalue weighted by Gasteiger charge is 2.37. The Morgan fingerprint density at radius 1 is 1.14 bits per heavy atom. The van der Waals surface area contributed by atoms with E-state index < -0.39 is 16.1 Å². The molecule has 2 aromatic rings. The Labute approximate surface area is 174 Å². The molecule has 0 unspecified atom stereocenters. The number of hydrogen-bond acceptors (Lipinski definition) is 3. The summed E-state index contributed by atoms with van der Waals surface area (Å²) in [5, 5.41) is 2.95. The number of sulfonamides is 1. The normalized spacial score (nSPS) is 17.2. The van der Waals surface area contributed by atoms with Crippen molar-refractivity contribution in [3.05, 3.63) is 65.2 Å². The summed E-state index contributed by atoms with van der Waals surface area (Å²) in [5.74, 6) is 0.389. The van der Waals surface area contributed by atoms with Gasteiger partial charge in [-0.2, -0.15) is 4.31 Å². The fraction of sp³-hybridized carbons (Fsp3) is 0.435. The monoisotopic (exact) mass is 414 g/mol. The van der Waals surface area contributed by atoms with Gasteiger partial charge >= 0.3 is 0 Å². The lowest BCUT2D eigenvalue weighted by molar-refractivity contribution is -0.122. The molecular weight excluding hydrogens is 384 g/mol. The van der Waals surface area contributed by atoms with Crippen LogP contribution in [-0.4, -0.2) is 31.7 Å². The highest BCUT2D eigenvalue weighted by molar-refractivity contribution is 7.89. The van der Waals surface area contributed by atoms with Crippen LogP contribution in [0.4, 0.5) is 0 Å². The Balaban J connectivity index is 1.89. The molecule has 1 aliphatic heterocycles. The number of hydrogen-bond donors (Lipinski definition) is 1. The quantitative estimate of drug-likeness (QED) is 0.749. The van der Waals surface area contributed by atoms with Crippen molar-refractivity contribution in [2.45, 2.75) is 51.0 Å². The third kappa shape index (κ3) is 5.06. The molecule has 2 aromatic carbocycles. The van der Waals surface area contributed by atoms with Crippen molar-refractivity contribution < 1.29 is 13.2 Å². The van der Waals surface area contributed by atoms with Gasteiger partial charge in [-0.25, -0.2) is 8.42 Å². The van der Waals surface area contributed by atoms with Crippen LogP contribution in [0.2, 0.25) is 0 Å². The Morgan fingerprint density at radius 3 is 2.52 bits per heavy atom. The minimum absolute atomic E-state index is 0.114. The van der Waals surface area contributed by atoms with Crippen LogP contribution in [-0.2, 0) is 21.2 Å². The van der Waals surface area contributed by atoms with Crippen LogP contribution in [0.1, 0.15) is 49.4 Å². The van der Waals surface area contributed by atoms with Crippen molar-refractivity contribution in [3.63, 3.8) is 0 Å². The molecule has 1 aliphatic rings.